The zero-order valence-electron chi connectivity index (χ0n) is 10.2. The largest absolute Gasteiger partial charge is 0.338 e. The van der Waals surface area contributed by atoms with Crippen molar-refractivity contribution in [2.75, 3.05) is 26.7 Å². The van der Waals surface area contributed by atoms with E-state index < -0.39 is 0 Å². The van der Waals surface area contributed by atoms with Crippen LogP contribution < -0.4 is 5.32 Å². The minimum Gasteiger partial charge on any atom is -0.338 e. The number of halogens is 2. The third-order valence-corrected chi connectivity index (χ3v) is 4.03. The van der Waals surface area contributed by atoms with Crippen LogP contribution in [0.1, 0.15) is 16.8 Å². The minimum atomic E-state index is 0.0334. The molecule has 2 rings (SSSR count). The molecule has 1 atom stereocenters. The minimum absolute atomic E-state index is 0.0334. The Bertz CT molecular complexity index is 453. The van der Waals surface area contributed by atoms with Crippen LogP contribution >= 0.6 is 27.5 Å². The highest BCUT2D eigenvalue weighted by molar-refractivity contribution is 9.10. The monoisotopic (exact) mass is 330 g/mol. The molecule has 5 heteroatoms. The van der Waals surface area contributed by atoms with E-state index in [0.717, 1.165) is 30.5 Å². The van der Waals surface area contributed by atoms with Crippen LogP contribution in [-0.2, 0) is 0 Å². The molecule has 98 valence electrons. The van der Waals surface area contributed by atoms with Crippen molar-refractivity contribution in [3.8, 4) is 0 Å². The Hall–Kier alpha value is -0.580. The number of amides is 1. The van der Waals surface area contributed by atoms with Gasteiger partial charge in [-0.3, -0.25) is 4.79 Å². The van der Waals surface area contributed by atoms with Crippen molar-refractivity contribution in [3.63, 3.8) is 0 Å². The van der Waals surface area contributed by atoms with Crippen LogP contribution in [0.15, 0.2) is 22.7 Å². The molecule has 0 bridgehead atoms. The summed E-state index contributed by atoms with van der Waals surface area (Å²) in [6.45, 7) is 2.58. The van der Waals surface area contributed by atoms with Gasteiger partial charge in [0.15, 0.2) is 0 Å². The molecule has 1 aromatic rings. The molecule has 0 aromatic heterocycles. The van der Waals surface area contributed by atoms with Crippen molar-refractivity contribution in [1.29, 1.82) is 0 Å². The molecule has 1 N–H and O–H groups in total. The van der Waals surface area contributed by atoms with Crippen molar-refractivity contribution in [2.45, 2.75) is 6.42 Å². The molecule has 18 heavy (non-hydrogen) atoms. The van der Waals surface area contributed by atoms with E-state index in [1.807, 2.05) is 18.0 Å². The number of benzene rings is 1. The lowest BCUT2D eigenvalue weighted by Crippen LogP contribution is -2.30. The van der Waals surface area contributed by atoms with Crippen LogP contribution in [-0.4, -0.2) is 37.5 Å². The van der Waals surface area contributed by atoms with Crippen LogP contribution in [0, 0.1) is 5.92 Å². The average molecular weight is 332 g/mol. The summed E-state index contributed by atoms with van der Waals surface area (Å²) in [5.41, 5.74) is 0.588. The zero-order valence-corrected chi connectivity index (χ0v) is 12.6. The van der Waals surface area contributed by atoms with E-state index in [1.54, 1.807) is 12.1 Å². The highest BCUT2D eigenvalue weighted by atomic mass is 79.9. The number of hydrogen-bond acceptors (Lipinski definition) is 2. The van der Waals surface area contributed by atoms with Crippen molar-refractivity contribution >= 4 is 33.4 Å². The summed E-state index contributed by atoms with van der Waals surface area (Å²) in [5, 5.41) is 3.66. The van der Waals surface area contributed by atoms with Gasteiger partial charge < -0.3 is 10.2 Å². The molecular weight excluding hydrogens is 316 g/mol. The Labute approximate surface area is 121 Å². The quantitative estimate of drug-likeness (QED) is 0.924. The molecular formula is C13H16BrClN2O. The van der Waals surface area contributed by atoms with Gasteiger partial charge in [-0.05, 0) is 44.1 Å². The Kier molecular flexibility index (Phi) is 4.65. The maximum Gasteiger partial charge on any atom is 0.255 e. The number of nitrogens with one attached hydrogen (secondary N) is 1. The van der Waals surface area contributed by atoms with E-state index in [2.05, 4.69) is 21.2 Å². The highest BCUT2D eigenvalue weighted by Crippen LogP contribution is 2.25. The second-order valence-corrected chi connectivity index (χ2v) is 5.91. The number of rotatable bonds is 3. The van der Waals surface area contributed by atoms with E-state index in [-0.39, 0.29) is 5.91 Å². The van der Waals surface area contributed by atoms with Gasteiger partial charge in [0.05, 0.1) is 10.6 Å². The Morgan fingerprint density at radius 1 is 1.61 bits per heavy atom. The van der Waals surface area contributed by atoms with Gasteiger partial charge in [-0.25, -0.2) is 0 Å². The van der Waals surface area contributed by atoms with Crippen molar-refractivity contribution in [1.82, 2.24) is 10.2 Å². The molecule has 0 radical (unpaired) electrons. The van der Waals surface area contributed by atoms with Gasteiger partial charge in [-0.15, -0.1) is 0 Å². The summed E-state index contributed by atoms with van der Waals surface area (Å²) >= 11 is 9.45. The average Bonchev–Trinajstić information content (AvgIpc) is 2.77. The molecule has 1 amide bonds. The second kappa shape index (κ2) is 6.04. The van der Waals surface area contributed by atoms with E-state index in [9.17, 15) is 4.79 Å². The Balaban J connectivity index is 2.08. The van der Waals surface area contributed by atoms with E-state index >= 15 is 0 Å². The predicted octanol–water partition coefficient (Wildman–Crippen LogP) is 2.78. The fourth-order valence-electron chi connectivity index (χ4n) is 2.31. The summed E-state index contributed by atoms with van der Waals surface area (Å²) in [6, 6.07) is 5.39. The van der Waals surface area contributed by atoms with Crippen molar-refractivity contribution in [2.24, 2.45) is 5.92 Å². The molecule has 1 heterocycles. The van der Waals surface area contributed by atoms with Crippen LogP contribution in [0.2, 0.25) is 5.02 Å². The van der Waals surface area contributed by atoms with Gasteiger partial charge in [-0.1, -0.05) is 27.5 Å². The first kappa shape index (κ1) is 13.8. The molecule has 0 aliphatic carbocycles. The molecule has 1 aliphatic heterocycles. The van der Waals surface area contributed by atoms with Gasteiger partial charge in [0.1, 0.15) is 0 Å². The summed E-state index contributed by atoms with van der Waals surface area (Å²) in [5.74, 6) is 0.583. The zero-order chi connectivity index (χ0) is 13.1. The first-order chi connectivity index (χ1) is 8.61. The molecule has 0 unspecified atom stereocenters. The lowest BCUT2D eigenvalue weighted by Gasteiger charge is -2.17. The van der Waals surface area contributed by atoms with Gasteiger partial charge in [0.2, 0.25) is 0 Å². The smallest absolute Gasteiger partial charge is 0.255 e. The van der Waals surface area contributed by atoms with Crippen LogP contribution in [0.3, 0.4) is 0 Å². The maximum atomic E-state index is 12.3. The molecule has 0 spiro atoms. The Morgan fingerprint density at radius 2 is 2.39 bits per heavy atom. The summed E-state index contributed by atoms with van der Waals surface area (Å²) in [6.07, 6.45) is 1.06. The number of hydrogen-bond donors (Lipinski definition) is 1. The standard InChI is InChI=1S/C13H16BrClN2O/c1-16-7-9-4-5-17(8-9)13(18)11-3-2-10(14)6-12(11)15/h2-3,6,9,16H,4-5,7-8H2,1H3/t9-/m1/s1. The third-order valence-electron chi connectivity index (χ3n) is 3.23. The molecule has 1 fully saturated rings. The van der Waals surface area contributed by atoms with E-state index in [1.165, 1.54) is 0 Å². The molecule has 0 saturated carbocycles. The molecule has 1 saturated heterocycles. The van der Waals surface area contributed by atoms with Crippen LogP contribution in [0.4, 0.5) is 0 Å². The van der Waals surface area contributed by atoms with Gasteiger partial charge in [-0.2, -0.15) is 0 Å². The van der Waals surface area contributed by atoms with E-state index in [0.29, 0.717) is 16.5 Å². The van der Waals surface area contributed by atoms with Gasteiger partial charge in [0, 0.05) is 17.6 Å². The first-order valence-corrected chi connectivity index (χ1v) is 7.18. The van der Waals surface area contributed by atoms with Crippen molar-refractivity contribution < 1.29 is 4.79 Å². The third kappa shape index (κ3) is 3.05. The van der Waals surface area contributed by atoms with Gasteiger partial charge >= 0.3 is 0 Å². The fourth-order valence-corrected chi connectivity index (χ4v) is 3.06. The van der Waals surface area contributed by atoms with Crippen LogP contribution in [0.5, 0.6) is 0 Å². The topological polar surface area (TPSA) is 32.3 Å². The number of carbonyl (C=O) groups is 1. The Morgan fingerprint density at radius 3 is 3.06 bits per heavy atom. The lowest BCUT2D eigenvalue weighted by atomic mass is 10.1. The molecule has 1 aromatic carbocycles. The first-order valence-electron chi connectivity index (χ1n) is 6.00. The molecule has 1 aliphatic rings. The lowest BCUT2D eigenvalue weighted by molar-refractivity contribution is 0.0787. The van der Waals surface area contributed by atoms with Crippen molar-refractivity contribution in [3.05, 3.63) is 33.3 Å². The summed E-state index contributed by atoms with van der Waals surface area (Å²) < 4.78 is 0.888. The number of nitrogens with zero attached hydrogens (tertiary/aromatic N) is 1. The molecule has 3 nitrogen and oxygen atoms in total. The number of likely N-dealkylation sites (tertiary alicyclic amines) is 1. The van der Waals surface area contributed by atoms with E-state index in [4.69, 9.17) is 11.6 Å². The predicted molar refractivity (Wildman–Crippen MR) is 77.1 cm³/mol. The normalized spacial score (nSPS) is 19.3. The van der Waals surface area contributed by atoms with Gasteiger partial charge in [0.25, 0.3) is 5.91 Å². The van der Waals surface area contributed by atoms with Crippen LogP contribution in [0.25, 0.3) is 0 Å². The maximum absolute atomic E-state index is 12.3. The summed E-state index contributed by atoms with van der Waals surface area (Å²) in [7, 11) is 1.94. The SMILES string of the molecule is CNC[C@H]1CCN(C(=O)c2ccc(Br)cc2Cl)C1. The second-order valence-electron chi connectivity index (χ2n) is 4.59. The number of carbonyl (C=O) groups excluding carboxylic acids is 1. The summed E-state index contributed by atoms with van der Waals surface area (Å²) in [4.78, 5) is 14.2. The fraction of sp³-hybridized carbons (Fsp3) is 0.462. The highest BCUT2D eigenvalue weighted by Gasteiger charge is 2.27.